The highest BCUT2D eigenvalue weighted by atomic mass is 35.5. The monoisotopic (exact) mass is 450 g/mol. The molecule has 3 rings (SSSR count). The molecule has 0 aromatic heterocycles. The van der Waals surface area contributed by atoms with Gasteiger partial charge in [-0.2, -0.15) is 0 Å². The molecule has 30 heavy (non-hydrogen) atoms. The average Bonchev–Trinajstić information content (AvgIpc) is 2.96. The van der Waals surface area contributed by atoms with Crippen molar-refractivity contribution in [2.45, 2.75) is 6.61 Å². The Bertz CT molecular complexity index is 1050. The van der Waals surface area contributed by atoms with Gasteiger partial charge in [-0.1, -0.05) is 35.3 Å². The number of carbonyl (C=O) groups excluding carboxylic acids is 2. The molecule has 2 aromatic rings. The molecule has 10 heteroatoms. The molecule has 0 saturated carbocycles. The first-order valence-electron chi connectivity index (χ1n) is 8.59. The number of imide groups is 1. The van der Waals surface area contributed by atoms with E-state index in [-0.39, 0.29) is 12.3 Å². The van der Waals surface area contributed by atoms with Crippen LogP contribution in [-0.4, -0.2) is 41.6 Å². The number of carboxylic acids is 1. The van der Waals surface area contributed by atoms with Gasteiger partial charge in [0.1, 0.15) is 18.8 Å². The van der Waals surface area contributed by atoms with Crippen LogP contribution in [0.1, 0.15) is 11.1 Å². The van der Waals surface area contributed by atoms with Gasteiger partial charge in [0.2, 0.25) is 0 Å². The number of nitrogens with one attached hydrogen (secondary N) is 1. The zero-order valence-electron chi connectivity index (χ0n) is 15.6. The second-order valence-corrected chi connectivity index (χ2v) is 7.04. The van der Waals surface area contributed by atoms with Gasteiger partial charge in [-0.25, -0.2) is 9.69 Å². The Labute approximate surface area is 181 Å². The van der Waals surface area contributed by atoms with Crippen LogP contribution in [0.5, 0.6) is 11.5 Å². The number of rotatable bonds is 7. The molecule has 0 bridgehead atoms. The highest BCUT2D eigenvalue weighted by Crippen LogP contribution is 2.30. The van der Waals surface area contributed by atoms with Gasteiger partial charge < -0.3 is 19.9 Å². The predicted molar refractivity (Wildman–Crippen MR) is 110 cm³/mol. The number of amides is 3. The van der Waals surface area contributed by atoms with Gasteiger partial charge in [0.05, 0.1) is 17.2 Å². The minimum atomic E-state index is -1.29. The zero-order valence-corrected chi connectivity index (χ0v) is 17.2. The third kappa shape index (κ3) is 4.84. The lowest BCUT2D eigenvalue weighted by molar-refractivity contribution is -0.140. The van der Waals surface area contributed by atoms with Crippen LogP contribution in [0.4, 0.5) is 4.79 Å². The molecule has 1 heterocycles. The highest BCUT2D eigenvalue weighted by Gasteiger charge is 2.34. The third-order valence-electron chi connectivity index (χ3n) is 4.13. The molecule has 8 nitrogen and oxygen atoms in total. The number of hydrogen-bond acceptors (Lipinski definition) is 5. The van der Waals surface area contributed by atoms with E-state index in [0.29, 0.717) is 32.0 Å². The summed E-state index contributed by atoms with van der Waals surface area (Å²) in [5.41, 5.74) is 1.33. The lowest BCUT2D eigenvalue weighted by atomic mass is 10.1. The molecule has 0 spiro atoms. The first kappa shape index (κ1) is 21.5. The fourth-order valence-corrected chi connectivity index (χ4v) is 3.02. The van der Waals surface area contributed by atoms with Gasteiger partial charge in [-0.3, -0.25) is 9.59 Å². The normalized spacial score (nSPS) is 14.8. The summed E-state index contributed by atoms with van der Waals surface area (Å²) in [7, 11) is 1.47. The van der Waals surface area contributed by atoms with Crippen molar-refractivity contribution in [3.8, 4) is 11.5 Å². The van der Waals surface area contributed by atoms with Crippen molar-refractivity contribution in [2.75, 3.05) is 13.7 Å². The maximum Gasteiger partial charge on any atom is 0.329 e. The topological polar surface area (TPSA) is 105 Å². The van der Waals surface area contributed by atoms with Crippen LogP contribution >= 0.6 is 23.2 Å². The summed E-state index contributed by atoms with van der Waals surface area (Å²) >= 11 is 11.9. The van der Waals surface area contributed by atoms with Crippen LogP contribution in [0.2, 0.25) is 10.0 Å². The van der Waals surface area contributed by atoms with Crippen molar-refractivity contribution in [1.82, 2.24) is 10.2 Å². The second kappa shape index (κ2) is 9.06. The molecule has 156 valence electrons. The molecular weight excluding hydrogens is 435 g/mol. The quantitative estimate of drug-likeness (QED) is 0.493. The van der Waals surface area contributed by atoms with E-state index in [0.717, 1.165) is 5.56 Å². The number of aliphatic carboxylic acids is 1. The van der Waals surface area contributed by atoms with Crippen LogP contribution < -0.4 is 14.8 Å². The van der Waals surface area contributed by atoms with Crippen molar-refractivity contribution >= 4 is 47.2 Å². The standard InChI is InChI=1S/C20H16Cl2N2O6/c1-29-17-8-11(7-15-19(27)24(9-18(25)26)20(28)23-15)3-5-16(17)30-10-12-2-4-13(21)14(22)6-12/h2-8H,9-10H2,1H3,(H,23,28)(H,25,26)/b15-7+. The van der Waals surface area contributed by atoms with Crippen LogP contribution in [0.15, 0.2) is 42.1 Å². The number of halogens is 2. The Morgan fingerprint density at radius 1 is 1.13 bits per heavy atom. The number of nitrogens with zero attached hydrogens (tertiary/aromatic N) is 1. The van der Waals surface area contributed by atoms with Gasteiger partial charge in [-0.15, -0.1) is 0 Å². The first-order chi connectivity index (χ1) is 14.3. The van der Waals surface area contributed by atoms with E-state index in [4.69, 9.17) is 37.8 Å². The van der Waals surface area contributed by atoms with Crippen LogP contribution in [0.25, 0.3) is 6.08 Å². The SMILES string of the molecule is COc1cc(/C=C2/NC(=O)N(CC(=O)O)C2=O)ccc1OCc1ccc(Cl)c(Cl)c1. The Morgan fingerprint density at radius 2 is 1.90 bits per heavy atom. The Kier molecular flexibility index (Phi) is 6.49. The number of ether oxygens (including phenoxy) is 2. The van der Waals surface area contributed by atoms with E-state index < -0.39 is 24.5 Å². The molecule has 1 aliphatic heterocycles. The van der Waals surface area contributed by atoms with Crippen molar-refractivity contribution < 1.29 is 29.0 Å². The fourth-order valence-electron chi connectivity index (χ4n) is 2.70. The van der Waals surface area contributed by atoms with E-state index in [2.05, 4.69) is 5.32 Å². The van der Waals surface area contributed by atoms with Gasteiger partial charge in [0.15, 0.2) is 11.5 Å². The van der Waals surface area contributed by atoms with Gasteiger partial charge >= 0.3 is 12.0 Å². The number of methoxy groups -OCH3 is 1. The minimum Gasteiger partial charge on any atom is -0.493 e. The summed E-state index contributed by atoms with van der Waals surface area (Å²) in [4.78, 5) is 35.4. The largest absolute Gasteiger partial charge is 0.493 e. The Morgan fingerprint density at radius 3 is 2.57 bits per heavy atom. The van der Waals surface area contributed by atoms with Gasteiger partial charge in [0, 0.05) is 0 Å². The van der Waals surface area contributed by atoms with Gasteiger partial charge in [0.25, 0.3) is 5.91 Å². The van der Waals surface area contributed by atoms with E-state index in [1.165, 1.54) is 13.2 Å². The number of urea groups is 1. The van der Waals surface area contributed by atoms with E-state index in [1.54, 1.807) is 36.4 Å². The molecule has 2 aromatic carbocycles. The number of carbonyl (C=O) groups is 3. The molecule has 0 unspecified atom stereocenters. The van der Waals surface area contributed by atoms with Crippen molar-refractivity contribution in [2.24, 2.45) is 0 Å². The summed E-state index contributed by atoms with van der Waals surface area (Å²) in [6.07, 6.45) is 1.42. The number of benzene rings is 2. The van der Waals surface area contributed by atoms with Crippen molar-refractivity contribution in [3.05, 3.63) is 63.3 Å². The summed E-state index contributed by atoms with van der Waals surface area (Å²) in [5.74, 6) is -1.14. The number of carboxylic acid groups (broad SMARTS) is 1. The molecule has 0 aliphatic carbocycles. The molecule has 3 amide bonds. The van der Waals surface area contributed by atoms with E-state index in [9.17, 15) is 14.4 Å². The lowest BCUT2D eigenvalue weighted by Crippen LogP contribution is -2.35. The van der Waals surface area contributed by atoms with Crippen LogP contribution in [0, 0.1) is 0 Å². The first-order valence-corrected chi connectivity index (χ1v) is 9.35. The highest BCUT2D eigenvalue weighted by molar-refractivity contribution is 6.42. The molecule has 1 fully saturated rings. The Hall–Kier alpha value is -3.23. The van der Waals surface area contributed by atoms with Crippen LogP contribution in [-0.2, 0) is 16.2 Å². The molecule has 1 aliphatic rings. The third-order valence-corrected chi connectivity index (χ3v) is 4.87. The number of hydrogen-bond donors (Lipinski definition) is 2. The maximum absolute atomic E-state index is 12.2. The average molecular weight is 451 g/mol. The van der Waals surface area contributed by atoms with E-state index >= 15 is 0 Å². The summed E-state index contributed by atoms with van der Waals surface area (Å²) in [5, 5.41) is 12.0. The predicted octanol–water partition coefficient (Wildman–Crippen LogP) is 3.56. The van der Waals surface area contributed by atoms with Crippen LogP contribution in [0.3, 0.4) is 0 Å². The molecule has 0 atom stereocenters. The summed E-state index contributed by atoms with van der Waals surface area (Å²) in [6.45, 7) is -0.487. The van der Waals surface area contributed by atoms with Crippen molar-refractivity contribution in [1.29, 1.82) is 0 Å². The lowest BCUT2D eigenvalue weighted by Gasteiger charge is -2.12. The zero-order chi connectivity index (χ0) is 21.8. The molecule has 2 N–H and O–H groups in total. The van der Waals surface area contributed by atoms with Gasteiger partial charge in [-0.05, 0) is 41.5 Å². The Balaban J connectivity index is 1.76. The summed E-state index contributed by atoms with van der Waals surface area (Å²) < 4.78 is 11.1. The fraction of sp³-hybridized carbons (Fsp3) is 0.150. The smallest absolute Gasteiger partial charge is 0.329 e. The maximum atomic E-state index is 12.2. The second-order valence-electron chi connectivity index (χ2n) is 6.22. The summed E-state index contributed by atoms with van der Waals surface area (Å²) in [6, 6.07) is 9.31. The van der Waals surface area contributed by atoms with Crippen molar-refractivity contribution in [3.63, 3.8) is 0 Å². The minimum absolute atomic E-state index is 0.0345. The molecule has 0 radical (unpaired) electrons. The molecular formula is C20H16Cl2N2O6. The molecule has 1 saturated heterocycles. The van der Waals surface area contributed by atoms with E-state index in [1.807, 2.05) is 0 Å².